The van der Waals surface area contributed by atoms with Crippen LogP contribution in [0.25, 0.3) is 0 Å². The molecule has 0 unspecified atom stereocenters. The molecule has 478 valence electrons. The van der Waals surface area contributed by atoms with Crippen LogP contribution in [0.3, 0.4) is 0 Å². The largest absolute Gasteiger partial charge is 0.460 e. The standard InChI is InChI=1S/C51H86O9.C15H32O7/c1-4-7-9-11-13-15-17-19-21-23-25-27-29-31-33-35-49(52)59-47-38-37-46(51(54)58-44-43-57-42-41-56-40-39-55-6-3)45-48(47)60-50(53)36-34-32-30-28-26-24-22-20-18-16-14-12-10-8-5-2;1-3-17-6-7-19-10-11-21-14-15-22-13-12-20-9-8-18-5-4-16-2/h19-22,37-38,45H,4-18,23-36,39-44H2,1-3H3;3-15H2,1-2H3/b21-19-,22-20-;. The van der Waals surface area contributed by atoms with Crippen molar-refractivity contribution in [3.05, 3.63) is 48.1 Å². The Bertz CT molecular complexity index is 1550. The van der Waals surface area contributed by atoms with Gasteiger partial charge >= 0.3 is 17.9 Å². The summed E-state index contributed by atoms with van der Waals surface area (Å²) in [6.45, 7) is 18.9. The molecule has 0 atom stereocenters. The predicted molar refractivity (Wildman–Crippen MR) is 327 cm³/mol. The summed E-state index contributed by atoms with van der Waals surface area (Å²) in [5, 5.41) is 0. The second kappa shape index (κ2) is 66.8. The molecule has 16 nitrogen and oxygen atoms in total. The van der Waals surface area contributed by atoms with Crippen molar-refractivity contribution in [2.45, 2.75) is 207 Å². The lowest BCUT2D eigenvalue weighted by molar-refractivity contribution is -0.137. The average molecular weight is 1170 g/mol. The summed E-state index contributed by atoms with van der Waals surface area (Å²) in [4.78, 5) is 38.7. The highest BCUT2D eigenvalue weighted by Crippen LogP contribution is 2.30. The molecule has 0 radical (unpaired) electrons. The van der Waals surface area contributed by atoms with Crippen molar-refractivity contribution in [2.24, 2.45) is 0 Å². The first-order valence-corrected chi connectivity index (χ1v) is 32.1. The molecule has 1 aromatic rings. The lowest BCUT2D eigenvalue weighted by atomic mass is 10.1. The molecular weight excluding hydrogens is 1050 g/mol. The van der Waals surface area contributed by atoms with Gasteiger partial charge in [-0.05, 0) is 96.3 Å². The maximum absolute atomic E-state index is 12.9. The zero-order valence-corrected chi connectivity index (χ0v) is 52.5. The molecule has 0 spiro atoms. The summed E-state index contributed by atoms with van der Waals surface area (Å²) >= 11 is 0. The van der Waals surface area contributed by atoms with Gasteiger partial charge in [0.15, 0.2) is 11.5 Å². The average Bonchev–Trinajstić information content (AvgIpc) is 3.55. The van der Waals surface area contributed by atoms with Gasteiger partial charge in [-0.2, -0.15) is 0 Å². The molecule has 0 N–H and O–H groups in total. The number of ether oxygens (including phenoxy) is 13. The Hall–Kier alpha value is -3.29. The lowest BCUT2D eigenvalue weighted by Crippen LogP contribution is -2.15. The second-order valence-electron chi connectivity index (χ2n) is 20.1. The molecule has 0 saturated carbocycles. The van der Waals surface area contributed by atoms with Crippen molar-refractivity contribution in [2.75, 3.05) is 139 Å². The van der Waals surface area contributed by atoms with E-state index in [1.807, 2.05) is 13.8 Å². The van der Waals surface area contributed by atoms with E-state index >= 15 is 0 Å². The molecule has 0 saturated heterocycles. The van der Waals surface area contributed by atoms with Gasteiger partial charge in [0.1, 0.15) is 6.61 Å². The number of carbonyl (C=O) groups excluding carboxylic acids is 3. The smallest absolute Gasteiger partial charge is 0.338 e. The highest BCUT2D eigenvalue weighted by Gasteiger charge is 2.18. The van der Waals surface area contributed by atoms with Crippen molar-refractivity contribution < 1.29 is 76.0 Å². The van der Waals surface area contributed by atoms with Crippen LogP contribution < -0.4 is 9.47 Å². The number of benzene rings is 1. The SMILES string of the molecule is CCCCCCCC/C=C\CCCCCCCC(=O)Oc1ccc(C(=O)OCCOCCOCCOCC)cc1OC(=O)CCCCCCC/C=C\CCCCCCCC.CCOCCOCCOCCOCCOCCOCCOC. The molecule has 0 aliphatic heterocycles. The van der Waals surface area contributed by atoms with Gasteiger partial charge in [0.05, 0.1) is 118 Å². The van der Waals surface area contributed by atoms with Gasteiger partial charge < -0.3 is 61.6 Å². The minimum absolute atomic E-state index is 0.0422. The van der Waals surface area contributed by atoms with Gasteiger partial charge in [0, 0.05) is 33.2 Å². The van der Waals surface area contributed by atoms with Crippen molar-refractivity contribution >= 4 is 17.9 Å². The highest BCUT2D eigenvalue weighted by molar-refractivity contribution is 5.91. The normalized spacial score (nSPS) is 11.4. The highest BCUT2D eigenvalue weighted by atomic mass is 16.6. The Morgan fingerprint density at radius 3 is 1.00 bits per heavy atom. The van der Waals surface area contributed by atoms with Crippen LogP contribution in [0.5, 0.6) is 11.5 Å². The monoisotopic (exact) mass is 1170 g/mol. The first-order chi connectivity index (χ1) is 40.4. The first-order valence-electron chi connectivity index (χ1n) is 32.1. The van der Waals surface area contributed by atoms with Gasteiger partial charge in [-0.1, -0.05) is 141 Å². The van der Waals surface area contributed by atoms with Crippen LogP contribution in [0.1, 0.15) is 218 Å². The third kappa shape index (κ3) is 58.5. The molecule has 82 heavy (non-hydrogen) atoms. The number of carbonyl (C=O) groups is 3. The van der Waals surface area contributed by atoms with Crippen LogP contribution in [0.4, 0.5) is 0 Å². The van der Waals surface area contributed by atoms with Crippen molar-refractivity contribution in [3.63, 3.8) is 0 Å². The van der Waals surface area contributed by atoms with Crippen LogP contribution >= 0.6 is 0 Å². The number of hydrogen-bond acceptors (Lipinski definition) is 16. The Morgan fingerprint density at radius 1 is 0.341 bits per heavy atom. The zero-order valence-electron chi connectivity index (χ0n) is 52.5. The summed E-state index contributed by atoms with van der Waals surface area (Å²) in [6.07, 6.45) is 40.4. The second-order valence-corrected chi connectivity index (χ2v) is 20.1. The van der Waals surface area contributed by atoms with Crippen LogP contribution in [-0.4, -0.2) is 157 Å². The number of methoxy groups -OCH3 is 1. The molecule has 0 bridgehead atoms. The van der Waals surface area contributed by atoms with Crippen LogP contribution in [0.15, 0.2) is 42.5 Å². The molecule has 0 aliphatic rings. The van der Waals surface area contributed by atoms with E-state index in [4.69, 9.17) is 61.6 Å². The van der Waals surface area contributed by atoms with Gasteiger partial charge in [0.2, 0.25) is 0 Å². The van der Waals surface area contributed by atoms with E-state index in [1.54, 1.807) is 7.11 Å². The quantitative estimate of drug-likeness (QED) is 0.0261. The number of unbranched alkanes of at least 4 members (excludes halogenated alkanes) is 22. The van der Waals surface area contributed by atoms with E-state index in [1.165, 1.54) is 108 Å². The van der Waals surface area contributed by atoms with E-state index in [9.17, 15) is 14.4 Å². The maximum atomic E-state index is 12.9. The van der Waals surface area contributed by atoms with Gasteiger partial charge in [-0.15, -0.1) is 0 Å². The van der Waals surface area contributed by atoms with E-state index in [0.717, 1.165) is 77.2 Å². The minimum atomic E-state index is -0.590. The third-order valence-electron chi connectivity index (χ3n) is 12.8. The van der Waals surface area contributed by atoms with Crippen LogP contribution in [-0.2, 0) is 61.7 Å². The summed E-state index contributed by atoms with van der Waals surface area (Å²) in [7, 11) is 1.65. The molecule has 0 heterocycles. The van der Waals surface area contributed by atoms with E-state index in [-0.39, 0.29) is 43.1 Å². The van der Waals surface area contributed by atoms with E-state index in [2.05, 4.69) is 38.2 Å². The van der Waals surface area contributed by atoms with Crippen LogP contribution in [0, 0.1) is 0 Å². The minimum Gasteiger partial charge on any atom is -0.460 e. The molecule has 0 fully saturated rings. The Kier molecular flexibility index (Phi) is 64.2. The van der Waals surface area contributed by atoms with Crippen molar-refractivity contribution in [1.82, 2.24) is 0 Å². The first kappa shape index (κ1) is 78.7. The number of rotatable bonds is 62. The van der Waals surface area contributed by atoms with Gasteiger partial charge in [0.25, 0.3) is 0 Å². The number of esters is 3. The Morgan fingerprint density at radius 2 is 0.646 bits per heavy atom. The maximum Gasteiger partial charge on any atom is 0.338 e. The Labute approximate surface area is 498 Å². The molecule has 16 heteroatoms. The molecule has 0 amide bonds. The Balaban J connectivity index is 0.00000249. The fourth-order valence-corrected chi connectivity index (χ4v) is 8.07. The number of hydrogen-bond donors (Lipinski definition) is 0. The summed E-state index contributed by atoms with van der Waals surface area (Å²) in [6, 6.07) is 4.43. The fraction of sp³-hybridized carbons (Fsp3) is 0.803. The molecule has 0 aromatic heterocycles. The molecular formula is C66H118O16. The molecule has 0 aliphatic carbocycles. The van der Waals surface area contributed by atoms with E-state index < -0.39 is 17.9 Å². The summed E-state index contributed by atoms with van der Waals surface area (Å²) in [5.74, 6) is -1.25. The van der Waals surface area contributed by atoms with E-state index in [0.29, 0.717) is 119 Å². The zero-order chi connectivity index (χ0) is 59.5. The van der Waals surface area contributed by atoms with Gasteiger partial charge in [-0.3, -0.25) is 9.59 Å². The topological polar surface area (TPSA) is 171 Å². The fourth-order valence-electron chi connectivity index (χ4n) is 8.07. The lowest BCUT2D eigenvalue weighted by Gasteiger charge is -2.13. The third-order valence-corrected chi connectivity index (χ3v) is 12.8. The predicted octanol–water partition coefficient (Wildman–Crippen LogP) is 14.6. The van der Waals surface area contributed by atoms with Crippen LogP contribution in [0.2, 0.25) is 0 Å². The summed E-state index contributed by atoms with van der Waals surface area (Å²) in [5.41, 5.74) is 0.190. The van der Waals surface area contributed by atoms with Crippen molar-refractivity contribution in [3.8, 4) is 11.5 Å². The summed E-state index contributed by atoms with van der Waals surface area (Å²) < 4.78 is 69.5. The van der Waals surface area contributed by atoms with Gasteiger partial charge in [-0.25, -0.2) is 4.79 Å². The number of allylic oxidation sites excluding steroid dienone is 4. The molecule has 1 aromatic carbocycles. The molecule has 1 rings (SSSR count). The van der Waals surface area contributed by atoms with Crippen molar-refractivity contribution in [1.29, 1.82) is 0 Å².